The van der Waals surface area contributed by atoms with Crippen LogP contribution in [0, 0.1) is 0 Å². The number of rotatable bonds is 0. The second-order valence-corrected chi connectivity index (χ2v) is 5.52. The zero-order valence-corrected chi connectivity index (χ0v) is 11.7. The van der Waals surface area contributed by atoms with Gasteiger partial charge in [0.15, 0.2) is 0 Å². The van der Waals surface area contributed by atoms with E-state index in [-0.39, 0.29) is 0 Å². The van der Waals surface area contributed by atoms with Crippen LogP contribution in [0.15, 0.2) is 29.3 Å². The van der Waals surface area contributed by atoms with Crippen LogP contribution in [-0.2, 0) is 26.4 Å². The standard InChI is InChI=1S/C8H7N2.Hg/c1-2-4-8-7(3-1)5-9-6-10-8;/h1-5H,6H2;/q-1;+1. The number of fused-ring (bicyclic) bond motifs is 1. The summed E-state index contributed by atoms with van der Waals surface area (Å²) in [6, 6.07) is 8.40. The maximum absolute atomic E-state index is 4.25. The van der Waals surface area contributed by atoms with Gasteiger partial charge in [0.05, 0.1) is 0 Å². The Morgan fingerprint density at radius 1 is 1.36 bits per heavy atom. The van der Waals surface area contributed by atoms with Crippen molar-refractivity contribution >= 4 is 11.9 Å². The molecule has 0 bridgehead atoms. The van der Waals surface area contributed by atoms with Gasteiger partial charge in [-0.2, -0.15) is 0 Å². The molecule has 3 heteroatoms. The molecule has 0 aromatic heterocycles. The second kappa shape index (κ2) is 2.93. The van der Waals surface area contributed by atoms with E-state index < -0.39 is 0 Å². The van der Waals surface area contributed by atoms with Gasteiger partial charge in [-0.15, -0.1) is 0 Å². The summed E-state index contributed by atoms with van der Waals surface area (Å²) in [5.74, 6) is 0. The Morgan fingerprint density at radius 3 is 3.00 bits per heavy atom. The van der Waals surface area contributed by atoms with Gasteiger partial charge >= 0.3 is 82.5 Å². The summed E-state index contributed by atoms with van der Waals surface area (Å²) in [6.45, 7) is 0.861. The van der Waals surface area contributed by atoms with E-state index in [0.717, 1.165) is 6.67 Å². The SMILES string of the molecule is [Hg][N]1CN=Cc2ccccc21. The molecule has 0 unspecified atom stereocenters. The third-order valence-electron chi connectivity index (χ3n) is 1.76. The molecule has 0 saturated carbocycles. The molecule has 2 nitrogen and oxygen atoms in total. The number of benzene rings is 1. The first-order chi connectivity index (χ1) is 5.38. The second-order valence-electron chi connectivity index (χ2n) is 2.55. The zero-order chi connectivity index (χ0) is 7.68. The van der Waals surface area contributed by atoms with Crippen LogP contribution in [0.2, 0.25) is 0 Å². The Labute approximate surface area is 82.3 Å². The van der Waals surface area contributed by atoms with Crippen LogP contribution in [0.5, 0.6) is 0 Å². The summed E-state index contributed by atoms with van der Waals surface area (Å²) in [7, 11) is 0. The summed E-state index contributed by atoms with van der Waals surface area (Å²) in [5, 5.41) is 0. The molecule has 0 spiro atoms. The summed E-state index contributed by atoms with van der Waals surface area (Å²) in [6.07, 6.45) is 1.96. The monoisotopic (exact) mass is 333 g/mol. The van der Waals surface area contributed by atoms with Crippen molar-refractivity contribution in [3.63, 3.8) is 0 Å². The van der Waals surface area contributed by atoms with Crippen molar-refractivity contribution < 1.29 is 26.4 Å². The van der Waals surface area contributed by atoms with E-state index in [9.17, 15) is 0 Å². The van der Waals surface area contributed by atoms with Gasteiger partial charge in [0.1, 0.15) is 0 Å². The summed E-state index contributed by atoms with van der Waals surface area (Å²) < 4.78 is 2.33. The van der Waals surface area contributed by atoms with E-state index in [1.54, 1.807) is 0 Å². The van der Waals surface area contributed by atoms with E-state index in [1.165, 1.54) is 11.3 Å². The van der Waals surface area contributed by atoms with E-state index in [1.807, 2.05) is 6.21 Å². The minimum atomic E-state index is 0.645. The van der Waals surface area contributed by atoms with Gasteiger partial charge < -0.3 is 0 Å². The Bertz CT molecular complexity index is 296. The van der Waals surface area contributed by atoms with E-state index in [2.05, 4.69) is 31.9 Å². The number of hydrogen-bond donors (Lipinski definition) is 0. The van der Waals surface area contributed by atoms with Gasteiger partial charge in [-0.25, -0.2) is 0 Å². The van der Waals surface area contributed by atoms with Gasteiger partial charge in [-0.3, -0.25) is 0 Å². The quantitative estimate of drug-likeness (QED) is 0.655. The van der Waals surface area contributed by atoms with Gasteiger partial charge in [0.25, 0.3) is 0 Å². The van der Waals surface area contributed by atoms with Crippen LogP contribution in [0.3, 0.4) is 0 Å². The summed E-state index contributed by atoms with van der Waals surface area (Å²) in [4.78, 5) is 4.25. The molecule has 1 aliphatic rings. The van der Waals surface area contributed by atoms with Crippen molar-refractivity contribution in [2.45, 2.75) is 0 Å². The maximum atomic E-state index is 4.25. The number of aliphatic imine (C=N–C) groups is 1. The van der Waals surface area contributed by atoms with Gasteiger partial charge in [-0.05, 0) is 0 Å². The molecule has 51 valence electrons. The molecule has 0 atom stereocenters. The molecule has 1 aromatic rings. The third kappa shape index (κ3) is 1.32. The van der Waals surface area contributed by atoms with Crippen molar-refractivity contribution in [3.8, 4) is 0 Å². The first-order valence-corrected chi connectivity index (χ1v) is 6.01. The number of nitrogens with zero attached hydrogens (tertiary/aromatic N) is 2. The average molecular weight is 332 g/mol. The van der Waals surface area contributed by atoms with E-state index in [0.29, 0.717) is 26.4 Å². The molecular formula is C8H7HgN2. The fraction of sp³-hybridized carbons (Fsp3) is 0.125. The number of hydrogen-bond acceptors (Lipinski definition) is 2. The van der Waals surface area contributed by atoms with E-state index >= 15 is 0 Å². The fourth-order valence-corrected chi connectivity index (χ4v) is 2.77. The van der Waals surface area contributed by atoms with Crippen molar-refractivity contribution in [2.75, 3.05) is 9.33 Å². The molecule has 2 rings (SSSR count). The summed E-state index contributed by atoms with van der Waals surface area (Å²) in [5.41, 5.74) is 2.61. The van der Waals surface area contributed by atoms with E-state index in [4.69, 9.17) is 0 Å². The molecule has 0 fully saturated rings. The predicted octanol–water partition coefficient (Wildman–Crippen LogP) is 1.34. The fourth-order valence-electron chi connectivity index (χ4n) is 1.20. The predicted molar refractivity (Wildman–Crippen MR) is 41.4 cm³/mol. The van der Waals surface area contributed by atoms with Crippen molar-refractivity contribution in [3.05, 3.63) is 29.8 Å². The van der Waals surface area contributed by atoms with Gasteiger partial charge in [0.2, 0.25) is 0 Å². The first kappa shape index (κ1) is 7.28. The average Bonchev–Trinajstić information content (AvgIpc) is 2.06. The van der Waals surface area contributed by atoms with Crippen molar-refractivity contribution in [2.24, 2.45) is 4.99 Å². The number of para-hydroxylation sites is 1. The van der Waals surface area contributed by atoms with Gasteiger partial charge in [0, 0.05) is 0 Å². The third-order valence-corrected chi connectivity index (χ3v) is 3.86. The molecule has 11 heavy (non-hydrogen) atoms. The number of anilines is 1. The van der Waals surface area contributed by atoms with Crippen molar-refractivity contribution in [1.82, 2.24) is 0 Å². The first-order valence-electron chi connectivity index (χ1n) is 3.55. The minimum absolute atomic E-state index is 0.645. The normalized spacial score (nSPS) is 14.9. The molecule has 0 saturated heterocycles. The molecule has 0 amide bonds. The Kier molecular flexibility index (Phi) is 1.94. The van der Waals surface area contributed by atoms with Crippen molar-refractivity contribution in [1.29, 1.82) is 0 Å². The van der Waals surface area contributed by atoms with Crippen LogP contribution < -0.4 is 2.66 Å². The molecule has 1 aliphatic heterocycles. The van der Waals surface area contributed by atoms with Gasteiger partial charge in [-0.1, -0.05) is 0 Å². The van der Waals surface area contributed by atoms with Crippen LogP contribution in [0.4, 0.5) is 5.69 Å². The Morgan fingerprint density at radius 2 is 2.18 bits per heavy atom. The van der Waals surface area contributed by atoms with Crippen LogP contribution in [0.25, 0.3) is 0 Å². The Hall–Kier alpha value is -0.375. The molecule has 0 radical (unpaired) electrons. The molecule has 1 aromatic carbocycles. The molecular weight excluding hydrogens is 325 g/mol. The topological polar surface area (TPSA) is 15.6 Å². The van der Waals surface area contributed by atoms with Crippen LogP contribution >= 0.6 is 0 Å². The molecule has 1 heterocycles. The molecule has 0 aliphatic carbocycles. The molecule has 0 N–H and O–H groups in total. The Balaban J connectivity index is 2.54. The van der Waals surface area contributed by atoms with Crippen LogP contribution in [0.1, 0.15) is 5.56 Å². The zero-order valence-electron chi connectivity index (χ0n) is 6.20. The van der Waals surface area contributed by atoms with Crippen LogP contribution in [-0.4, -0.2) is 12.9 Å². The summed E-state index contributed by atoms with van der Waals surface area (Å²) >= 11 is 0.645.